The largest absolute Gasteiger partial charge is 0.508 e. The summed E-state index contributed by atoms with van der Waals surface area (Å²) in [6.07, 6.45) is -0.653. The number of nitrogens with two attached hydrogens (primary N) is 1. The van der Waals surface area contributed by atoms with Gasteiger partial charge in [-0.1, -0.05) is 23.7 Å². The Morgan fingerprint density at radius 3 is 2.29 bits per heavy atom. The van der Waals surface area contributed by atoms with E-state index in [0.29, 0.717) is 5.56 Å². The lowest BCUT2D eigenvalue weighted by Gasteiger charge is -2.17. The van der Waals surface area contributed by atoms with Gasteiger partial charge in [-0.2, -0.15) is 0 Å². The maximum absolute atomic E-state index is 12.5. The van der Waals surface area contributed by atoms with Crippen molar-refractivity contribution in [1.29, 1.82) is 0 Å². The standard InChI is InChI=1S/C22H23ClN4O8/c23-15-7-12(19(31)25-9-11-2-1-3-13(28)6-11)4-5-14(15)20(32)27-17(22(34)35)10-26-21(33)16(24)8-18(29)30/h1-7,16-17,28H,8-10,24H2,(H,25,31)(H,26,33)(H,27,32)(H,29,30)(H,34,35)/t16-,17+/m1/s1. The van der Waals surface area contributed by atoms with Crippen molar-refractivity contribution in [2.75, 3.05) is 6.54 Å². The average Bonchev–Trinajstić information content (AvgIpc) is 2.79. The number of hydrogen-bond acceptors (Lipinski definition) is 7. The molecule has 0 heterocycles. The lowest BCUT2D eigenvalue weighted by molar-refractivity contribution is -0.141. The Bertz CT molecular complexity index is 1140. The maximum atomic E-state index is 12.5. The summed E-state index contributed by atoms with van der Waals surface area (Å²) in [5.41, 5.74) is 6.09. The molecular formula is C22H23ClN4O8. The second kappa shape index (κ2) is 12.3. The predicted octanol–water partition coefficient (Wildman–Crippen LogP) is 0.0768. The number of carboxylic acid groups (broad SMARTS) is 2. The van der Waals surface area contributed by atoms with Gasteiger partial charge >= 0.3 is 11.9 Å². The second-order valence-corrected chi connectivity index (χ2v) is 7.77. The summed E-state index contributed by atoms with van der Waals surface area (Å²) in [5, 5.41) is 34.3. The van der Waals surface area contributed by atoms with E-state index in [-0.39, 0.29) is 28.4 Å². The SMILES string of the molecule is N[C@H](CC(=O)O)C(=O)NC[C@H](NC(=O)c1ccc(C(=O)NCc2cccc(O)c2)cc1Cl)C(=O)O. The highest BCUT2D eigenvalue weighted by atomic mass is 35.5. The number of phenols is 1. The van der Waals surface area contributed by atoms with Crippen LogP contribution in [0, 0.1) is 0 Å². The molecule has 35 heavy (non-hydrogen) atoms. The van der Waals surface area contributed by atoms with Crippen LogP contribution in [0.25, 0.3) is 0 Å². The van der Waals surface area contributed by atoms with Crippen LogP contribution in [0.1, 0.15) is 32.7 Å². The van der Waals surface area contributed by atoms with E-state index in [1.165, 1.54) is 30.3 Å². The van der Waals surface area contributed by atoms with Gasteiger partial charge in [0.25, 0.3) is 11.8 Å². The second-order valence-electron chi connectivity index (χ2n) is 7.36. The van der Waals surface area contributed by atoms with Crippen molar-refractivity contribution in [1.82, 2.24) is 16.0 Å². The predicted molar refractivity (Wildman–Crippen MR) is 123 cm³/mol. The third kappa shape index (κ3) is 8.28. The molecular weight excluding hydrogens is 484 g/mol. The number of hydrogen-bond donors (Lipinski definition) is 7. The summed E-state index contributed by atoms with van der Waals surface area (Å²) in [7, 11) is 0. The number of rotatable bonds is 11. The van der Waals surface area contributed by atoms with Gasteiger partial charge in [0.05, 0.1) is 23.0 Å². The molecule has 2 aromatic carbocycles. The Labute approximate surface area is 204 Å². The third-order valence-corrected chi connectivity index (χ3v) is 4.97. The van der Waals surface area contributed by atoms with Crippen molar-refractivity contribution in [3.05, 3.63) is 64.2 Å². The number of halogens is 1. The smallest absolute Gasteiger partial charge is 0.328 e. The number of carbonyl (C=O) groups is 5. The number of aliphatic carboxylic acids is 2. The van der Waals surface area contributed by atoms with Gasteiger partial charge < -0.3 is 37.0 Å². The van der Waals surface area contributed by atoms with Crippen LogP contribution in [-0.4, -0.2) is 63.6 Å². The number of amides is 3. The number of aromatic hydroxyl groups is 1. The first-order chi connectivity index (χ1) is 16.5. The molecule has 8 N–H and O–H groups in total. The molecule has 0 spiro atoms. The molecule has 12 nitrogen and oxygen atoms in total. The summed E-state index contributed by atoms with van der Waals surface area (Å²) in [4.78, 5) is 58.8. The van der Waals surface area contributed by atoms with E-state index >= 15 is 0 Å². The summed E-state index contributed by atoms with van der Waals surface area (Å²) >= 11 is 6.12. The van der Waals surface area contributed by atoms with E-state index in [1.54, 1.807) is 12.1 Å². The number of carbonyl (C=O) groups excluding carboxylic acids is 3. The number of carboxylic acids is 2. The molecule has 0 aliphatic carbocycles. The van der Waals surface area contributed by atoms with Crippen LogP contribution in [0.5, 0.6) is 5.75 Å². The van der Waals surface area contributed by atoms with E-state index in [0.717, 1.165) is 0 Å². The van der Waals surface area contributed by atoms with Crippen molar-refractivity contribution < 1.29 is 39.3 Å². The lowest BCUT2D eigenvalue weighted by atomic mass is 10.1. The summed E-state index contributed by atoms with van der Waals surface area (Å²) in [6, 6.07) is 7.15. The van der Waals surface area contributed by atoms with Crippen molar-refractivity contribution in [3.8, 4) is 5.75 Å². The Kier molecular flexibility index (Phi) is 9.55. The molecule has 0 fully saturated rings. The number of phenolic OH excluding ortho intramolecular Hbond substituents is 1. The molecule has 0 bridgehead atoms. The van der Waals surface area contributed by atoms with E-state index in [4.69, 9.17) is 22.4 Å². The van der Waals surface area contributed by atoms with Crippen LogP contribution in [-0.2, 0) is 20.9 Å². The molecule has 0 unspecified atom stereocenters. The van der Waals surface area contributed by atoms with Crippen LogP contribution in [0.2, 0.25) is 5.02 Å². The highest BCUT2D eigenvalue weighted by Crippen LogP contribution is 2.18. The first-order valence-electron chi connectivity index (χ1n) is 10.1. The summed E-state index contributed by atoms with van der Waals surface area (Å²) < 4.78 is 0. The van der Waals surface area contributed by atoms with Crippen LogP contribution in [0.4, 0.5) is 0 Å². The van der Waals surface area contributed by atoms with Gasteiger partial charge in [-0.25, -0.2) is 4.79 Å². The molecule has 2 atom stereocenters. The maximum Gasteiger partial charge on any atom is 0.328 e. The molecule has 2 aromatic rings. The Morgan fingerprint density at radius 2 is 1.69 bits per heavy atom. The molecule has 0 aliphatic heterocycles. The molecule has 0 saturated carbocycles. The summed E-state index contributed by atoms with van der Waals surface area (Å²) in [6.45, 7) is -0.421. The van der Waals surface area contributed by atoms with E-state index in [9.17, 15) is 34.2 Å². The molecule has 2 rings (SSSR count). The molecule has 186 valence electrons. The van der Waals surface area contributed by atoms with Gasteiger partial charge in [0.1, 0.15) is 11.8 Å². The molecule has 0 radical (unpaired) electrons. The van der Waals surface area contributed by atoms with Gasteiger partial charge in [-0.3, -0.25) is 19.2 Å². The van der Waals surface area contributed by atoms with Crippen molar-refractivity contribution in [2.45, 2.75) is 25.0 Å². The highest BCUT2D eigenvalue weighted by molar-refractivity contribution is 6.34. The van der Waals surface area contributed by atoms with Gasteiger partial charge in [-0.05, 0) is 35.9 Å². The Morgan fingerprint density at radius 1 is 0.971 bits per heavy atom. The van der Waals surface area contributed by atoms with E-state index < -0.39 is 54.7 Å². The first-order valence-corrected chi connectivity index (χ1v) is 10.5. The fourth-order valence-electron chi connectivity index (χ4n) is 2.84. The van der Waals surface area contributed by atoms with Crippen LogP contribution < -0.4 is 21.7 Å². The van der Waals surface area contributed by atoms with Crippen LogP contribution in [0.15, 0.2) is 42.5 Å². The minimum atomic E-state index is -1.56. The normalized spacial score (nSPS) is 12.2. The zero-order valence-electron chi connectivity index (χ0n) is 18.2. The third-order valence-electron chi connectivity index (χ3n) is 4.65. The van der Waals surface area contributed by atoms with Gasteiger partial charge in [0, 0.05) is 18.7 Å². The zero-order valence-corrected chi connectivity index (χ0v) is 18.9. The van der Waals surface area contributed by atoms with Gasteiger partial charge in [-0.15, -0.1) is 0 Å². The van der Waals surface area contributed by atoms with Crippen LogP contribution in [0.3, 0.4) is 0 Å². The minimum absolute atomic E-state index is 0.0532. The van der Waals surface area contributed by atoms with E-state index in [2.05, 4.69) is 16.0 Å². The molecule has 3 amide bonds. The zero-order chi connectivity index (χ0) is 26.1. The first kappa shape index (κ1) is 27.1. The van der Waals surface area contributed by atoms with E-state index in [1.807, 2.05) is 0 Å². The Hall–Kier alpha value is -4.16. The monoisotopic (exact) mass is 506 g/mol. The quantitative estimate of drug-likeness (QED) is 0.220. The minimum Gasteiger partial charge on any atom is -0.508 e. The van der Waals surface area contributed by atoms with Crippen molar-refractivity contribution in [2.24, 2.45) is 5.73 Å². The highest BCUT2D eigenvalue weighted by Gasteiger charge is 2.25. The molecule has 0 saturated heterocycles. The Balaban J connectivity index is 1.99. The molecule has 0 aliphatic rings. The number of nitrogens with one attached hydrogen (secondary N) is 3. The molecule has 13 heteroatoms. The van der Waals surface area contributed by atoms with Gasteiger partial charge in [0.15, 0.2) is 0 Å². The summed E-state index contributed by atoms with van der Waals surface area (Å²) in [5.74, 6) is -4.99. The fourth-order valence-corrected chi connectivity index (χ4v) is 3.11. The topological polar surface area (TPSA) is 208 Å². The van der Waals surface area contributed by atoms with Gasteiger partial charge in [0.2, 0.25) is 5.91 Å². The lowest BCUT2D eigenvalue weighted by Crippen LogP contribution is -2.51. The number of benzene rings is 2. The average molecular weight is 507 g/mol. The fraction of sp³-hybridized carbons (Fsp3) is 0.227. The van der Waals surface area contributed by atoms with Crippen LogP contribution >= 0.6 is 11.6 Å². The van der Waals surface area contributed by atoms with Crippen molar-refractivity contribution >= 4 is 41.3 Å². The molecule has 0 aromatic heterocycles. The van der Waals surface area contributed by atoms with Crippen molar-refractivity contribution in [3.63, 3.8) is 0 Å².